The van der Waals surface area contributed by atoms with Crippen molar-refractivity contribution in [2.75, 3.05) is 0 Å². The number of hydrogen-bond donors (Lipinski definition) is 1. The second-order valence-electron chi connectivity index (χ2n) is 5.52. The molecule has 0 aliphatic carbocycles. The van der Waals surface area contributed by atoms with Gasteiger partial charge in [0.1, 0.15) is 12.0 Å². The molecule has 0 fully saturated rings. The van der Waals surface area contributed by atoms with E-state index in [0.29, 0.717) is 11.7 Å². The summed E-state index contributed by atoms with van der Waals surface area (Å²) in [5, 5.41) is 22.4. The predicted molar refractivity (Wildman–Crippen MR) is 86.4 cm³/mol. The predicted octanol–water partition coefficient (Wildman–Crippen LogP) is 2.59. The fourth-order valence-electron chi connectivity index (χ4n) is 3.09. The Morgan fingerprint density at radius 2 is 2.09 bits per heavy atom. The maximum Gasteiger partial charge on any atom is 0.314 e. The molecule has 116 valence electrons. The molecule has 0 spiro atoms. The summed E-state index contributed by atoms with van der Waals surface area (Å²) in [6, 6.07) is 7.57. The van der Waals surface area contributed by atoms with Gasteiger partial charge in [-0.15, -0.1) is 11.3 Å². The number of hydrogen-bond acceptors (Lipinski definition) is 6. The molecule has 1 aliphatic heterocycles. The molecule has 0 bridgehead atoms. The molecule has 3 aromatic rings. The van der Waals surface area contributed by atoms with Gasteiger partial charge in [0, 0.05) is 15.3 Å². The summed E-state index contributed by atoms with van der Waals surface area (Å²) in [5.41, 5.74) is 1.58. The van der Waals surface area contributed by atoms with Gasteiger partial charge in [0.2, 0.25) is 0 Å². The summed E-state index contributed by atoms with van der Waals surface area (Å²) >= 11 is 1.59. The van der Waals surface area contributed by atoms with Gasteiger partial charge in [-0.2, -0.15) is 0 Å². The van der Waals surface area contributed by atoms with Crippen LogP contribution in [-0.2, 0) is 4.79 Å². The van der Waals surface area contributed by atoms with Crippen LogP contribution in [0.15, 0.2) is 29.3 Å². The highest BCUT2D eigenvalue weighted by molar-refractivity contribution is 7.19. The molecule has 0 radical (unpaired) electrons. The highest BCUT2D eigenvalue weighted by Crippen LogP contribution is 2.42. The molecule has 3 heterocycles. The largest absolute Gasteiger partial charge is 0.481 e. The summed E-state index contributed by atoms with van der Waals surface area (Å²) in [6.07, 6.45) is 0. The standard InChI is InChI=1S/C15H13N5O2S/c1-7-9-5-3-4-6-10(9)23-13(7)12-11(14(21)22)8(2)16-15-17-18-19-20(12)15/h3-6,11-12H,1-2H3,(H,21,22). The number of aliphatic carboxylic acids is 1. The Morgan fingerprint density at radius 3 is 2.83 bits per heavy atom. The van der Waals surface area contributed by atoms with Crippen molar-refractivity contribution in [3.05, 3.63) is 34.7 Å². The first-order chi connectivity index (χ1) is 11.1. The van der Waals surface area contributed by atoms with Gasteiger partial charge >= 0.3 is 5.97 Å². The third-order valence-corrected chi connectivity index (χ3v) is 5.54. The van der Waals surface area contributed by atoms with Crippen molar-refractivity contribution < 1.29 is 9.90 Å². The number of tetrazole rings is 1. The van der Waals surface area contributed by atoms with Crippen LogP contribution < -0.4 is 0 Å². The second kappa shape index (κ2) is 4.95. The Labute approximate surface area is 135 Å². The van der Waals surface area contributed by atoms with Crippen LogP contribution in [0.3, 0.4) is 0 Å². The molecular weight excluding hydrogens is 314 g/mol. The molecule has 4 rings (SSSR count). The Balaban J connectivity index is 1.99. The Kier molecular flexibility index (Phi) is 3.02. The molecule has 0 amide bonds. The third-order valence-electron chi connectivity index (χ3n) is 4.20. The highest BCUT2D eigenvalue weighted by atomic mass is 32.1. The average Bonchev–Trinajstić information content (AvgIpc) is 3.10. The van der Waals surface area contributed by atoms with Crippen LogP contribution in [0.4, 0.5) is 5.95 Å². The van der Waals surface area contributed by atoms with E-state index in [9.17, 15) is 9.90 Å². The topological polar surface area (TPSA) is 93.3 Å². The number of nitrogens with zero attached hydrogens (tertiary/aromatic N) is 5. The van der Waals surface area contributed by atoms with Crippen LogP contribution in [0.5, 0.6) is 0 Å². The van der Waals surface area contributed by atoms with Crippen molar-refractivity contribution in [2.24, 2.45) is 10.9 Å². The van der Waals surface area contributed by atoms with Gasteiger partial charge < -0.3 is 5.11 Å². The number of aliphatic imine (C=N–C) groups is 1. The number of rotatable bonds is 2. The molecule has 23 heavy (non-hydrogen) atoms. The molecule has 0 saturated carbocycles. The van der Waals surface area contributed by atoms with Gasteiger partial charge in [-0.05, 0) is 41.3 Å². The third kappa shape index (κ3) is 1.98. The minimum absolute atomic E-state index is 0.349. The first kappa shape index (κ1) is 14.0. The highest BCUT2D eigenvalue weighted by Gasteiger charge is 2.40. The zero-order valence-corrected chi connectivity index (χ0v) is 13.3. The van der Waals surface area contributed by atoms with E-state index >= 15 is 0 Å². The molecular formula is C15H13N5O2S. The van der Waals surface area contributed by atoms with Crippen LogP contribution in [0.1, 0.15) is 23.4 Å². The van der Waals surface area contributed by atoms with E-state index in [1.165, 1.54) is 4.68 Å². The van der Waals surface area contributed by atoms with Gasteiger partial charge in [-0.3, -0.25) is 4.79 Å². The number of benzene rings is 1. The summed E-state index contributed by atoms with van der Waals surface area (Å²) < 4.78 is 2.64. The number of fused-ring (bicyclic) bond motifs is 2. The zero-order valence-electron chi connectivity index (χ0n) is 12.5. The quantitative estimate of drug-likeness (QED) is 0.781. The van der Waals surface area contributed by atoms with Crippen molar-refractivity contribution in [1.82, 2.24) is 20.2 Å². The van der Waals surface area contributed by atoms with E-state index in [1.807, 2.05) is 31.2 Å². The fourth-order valence-corrected chi connectivity index (χ4v) is 4.43. The van der Waals surface area contributed by atoms with Crippen LogP contribution in [0.25, 0.3) is 10.1 Å². The lowest BCUT2D eigenvalue weighted by molar-refractivity contribution is -0.140. The number of aryl methyl sites for hydroxylation is 1. The van der Waals surface area contributed by atoms with Gasteiger partial charge in [-0.1, -0.05) is 23.3 Å². The summed E-state index contributed by atoms with van der Waals surface area (Å²) in [6.45, 7) is 3.73. The molecule has 1 aromatic carbocycles. The molecule has 2 unspecified atom stereocenters. The monoisotopic (exact) mass is 327 g/mol. The maximum absolute atomic E-state index is 11.8. The molecule has 2 atom stereocenters. The van der Waals surface area contributed by atoms with E-state index in [-0.39, 0.29) is 0 Å². The van der Waals surface area contributed by atoms with Crippen LogP contribution in [0.2, 0.25) is 0 Å². The lowest BCUT2D eigenvalue weighted by atomic mass is 9.91. The maximum atomic E-state index is 11.8. The Hall–Kier alpha value is -2.61. The molecule has 7 nitrogen and oxygen atoms in total. The number of carboxylic acids is 1. The molecule has 1 aliphatic rings. The van der Waals surface area contributed by atoms with Crippen molar-refractivity contribution >= 4 is 39.1 Å². The summed E-state index contributed by atoms with van der Waals surface area (Å²) in [7, 11) is 0. The normalized spacial score (nSPS) is 20.3. The van der Waals surface area contributed by atoms with E-state index in [1.54, 1.807) is 18.3 Å². The Bertz CT molecular complexity index is 958. The van der Waals surface area contributed by atoms with Crippen LogP contribution in [-0.4, -0.2) is 37.0 Å². The SMILES string of the molecule is CC1=Nc2nnnn2C(c2sc3ccccc3c2C)C1C(=O)O. The fraction of sp³-hybridized carbons (Fsp3) is 0.267. The molecule has 0 saturated heterocycles. The molecule has 1 N–H and O–H groups in total. The summed E-state index contributed by atoms with van der Waals surface area (Å²) in [5.74, 6) is -1.35. The number of thiophene rings is 1. The van der Waals surface area contributed by atoms with Crippen molar-refractivity contribution in [3.8, 4) is 0 Å². The molecule has 2 aromatic heterocycles. The lowest BCUT2D eigenvalue weighted by Crippen LogP contribution is -2.35. The average molecular weight is 327 g/mol. The van der Waals surface area contributed by atoms with E-state index in [0.717, 1.165) is 20.5 Å². The van der Waals surface area contributed by atoms with Gasteiger partial charge in [-0.25, -0.2) is 9.67 Å². The van der Waals surface area contributed by atoms with Crippen molar-refractivity contribution in [2.45, 2.75) is 19.9 Å². The van der Waals surface area contributed by atoms with Crippen molar-refractivity contribution in [1.29, 1.82) is 0 Å². The molecule has 8 heteroatoms. The first-order valence-corrected chi connectivity index (χ1v) is 7.93. The minimum atomic E-state index is -0.922. The smallest absolute Gasteiger partial charge is 0.314 e. The van der Waals surface area contributed by atoms with Crippen LogP contribution in [0, 0.1) is 12.8 Å². The van der Waals surface area contributed by atoms with Gasteiger partial charge in [0.05, 0.1) is 0 Å². The first-order valence-electron chi connectivity index (χ1n) is 7.12. The summed E-state index contributed by atoms with van der Waals surface area (Å²) in [4.78, 5) is 17.0. The van der Waals surface area contributed by atoms with Gasteiger partial charge in [0.25, 0.3) is 5.95 Å². The number of carboxylic acid groups (broad SMARTS) is 1. The zero-order chi connectivity index (χ0) is 16.1. The van der Waals surface area contributed by atoms with Crippen LogP contribution >= 0.6 is 11.3 Å². The Morgan fingerprint density at radius 1 is 1.30 bits per heavy atom. The second-order valence-corrected chi connectivity index (χ2v) is 6.61. The van der Waals surface area contributed by atoms with Gasteiger partial charge in [0.15, 0.2) is 0 Å². The van der Waals surface area contributed by atoms with E-state index in [4.69, 9.17) is 0 Å². The number of aromatic nitrogens is 4. The van der Waals surface area contributed by atoms with Crippen molar-refractivity contribution in [3.63, 3.8) is 0 Å². The van der Waals surface area contributed by atoms with E-state index in [2.05, 4.69) is 20.5 Å². The minimum Gasteiger partial charge on any atom is -0.481 e. The number of carbonyl (C=O) groups is 1. The lowest BCUT2D eigenvalue weighted by Gasteiger charge is -2.27. The van der Waals surface area contributed by atoms with E-state index < -0.39 is 17.9 Å².